The van der Waals surface area contributed by atoms with Crippen molar-refractivity contribution in [2.75, 3.05) is 11.1 Å². The Hall–Kier alpha value is -2.55. The van der Waals surface area contributed by atoms with E-state index in [1.165, 1.54) is 23.9 Å². The van der Waals surface area contributed by atoms with Crippen LogP contribution in [0.4, 0.5) is 11.4 Å². The number of rotatable bonds is 5. The molecule has 1 aromatic carbocycles. The van der Waals surface area contributed by atoms with Gasteiger partial charge in [0, 0.05) is 23.5 Å². The van der Waals surface area contributed by atoms with E-state index >= 15 is 0 Å². The van der Waals surface area contributed by atoms with Crippen molar-refractivity contribution in [1.82, 2.24) is 15.2 Å². The second-order valence-electron chi connectivity index (χ2n) is 8.57. The topological polar surface area (TPSA) is 111 Å². The molecule has 1 aromatic heterocycles. The van der Waals surface area contributed by atoms with Gasteiger partial charge in [-0.2, -0.15) is 5.10 Å². The average molecular weight is 414 g/mol. The van der Waals surface area contributed by atoms with E-state index in [-0.39, 0.29) is 28.2 Å². The molecule has 2 bridgehead atoms. The van der Waals surface area contributed by atoms with Gasteiger partial charge >= 0.3 is 0 Å². The van der Waals surface area contributed by atoms with Crippen LogP contribution in [0.15, 0.2) is 23.4 Å². The van der Waals surface area contributed by atoms with Crippen LogP contribution >= 0.6 is 11.8 Å². The first kappa shape index (κ1) is 19.8. The highest BCUT2D eigenvalue weighted by Crippen LogP contribution is 2.66. The largest absolute Gasteiger partial charge is 0.325 e. The summed E-state index contributed by atoms with van der Waals surface area (Å²) in [6, 6.07) is 4.40. The normalized spacial score (nSPS) is 23.7. The van der Waals surface area contributed by atoms with Gasteiger partial charge in [-0.15, -0.1) is 5.10 Å². The van der Waals surface area contributed by atoms with Crippen molar-refractivity contribution in [2.24, 2.45) is 5.41 Å². The highest BCUT2D eigenvalue weighted by Gasteiger charge is 2.61. The number of aromatic nitrogens is 3. The lowest BCUT2D eigenvalue weighted by Gasteiger charge is -2.33. The van der Waals surface area contributed by atoms with Gasteiger partial charge in [-0.1, -0.05) is 38.6 Å². The summed E-state index contributed by atoms with van der Waals surface area (Å²) in [5, 5.41) is 22.8. The highest BCUT2D eigenvalue weighted by atomic mass is 32.2. The van der Waals surface area contributed by atoms with E-state index in [1.54, 1.807) is 13.0 Å². The maximum atomic E-state index is 12.4. The number of non-ortho nitro benzene ring substituents is 1. The Balaban J connectivity index is 1.46. The second kappa shape index (κ2) is 6.76. The Morgan fingerprint density at radius 2 is 2.10 bits per heavy atom. The van der Waals surface area contributed by atoms with E-state index in [9.17, 15) is 14.9 Å². The maximum absolute atomic E-state index is 12.4. The molecule has 0 spiro atoms. The van der Waals surface area contributed by atoms with Crippen LogP contribution < -0.4 is 5.32 Å². The van der Waals surface area contributed by atoms with E-state index in [2.05, 4.69) is 36.3 Å². The van der Waals surface area contributed by atoms with E-state index < -0.39 is 4.92 Å². The van der Waals surface area contributed by atoms with Crippen LogP contribution in [0.3, 0.4) is 0 Å². The number of hydrogen-bond acceptors (Lipinski definition) is 7. The lowest BCUT2D eigenvalue weighted by Crippen LogP contribution is -2.32. The van der Waals surface area contributed by atoms with E-state index in [4.69, 9.17) is 4.98 Å². The number of hydrogen-bond donors (Lipinski definition) is 1. The summed E-state index contributed by atoms with van der Waals surface area (Å²) < 4.78 is 0. The lowest BCUT2D eigenvalue weighted by atomic mass is 9.70. The van der Waals surface area contributed by atoms with Crippen LogP contribution in [0.25, 0.3) is 0 Å². The maximum Gasteiger partial charge on any atom is 0.271 e. The predicted molar refractivity (Wildman–Crippen MR) is 110 cm³/mol. The van der Waals surface area contributed by atoms with E-state index in [1.807, 2.05) is 0 Å². The Labute approximate surface area is 173 Å². The Morgan fingerprint density at radius 1 is 1.34 bits per heavy atom. The molecule has 1 saturated carbocycles. The monoisotopic (exact) mass is 413 g/mol. The number of benzene rings is 1. The first-order valence-electron chi connectivity index (χ1n) is 9.56. The third kappa shape index (κ3) is 3.08. The lowest BCUT2D eigenvalue weighted by molar-refractivity contribution is -0.384. The zero-order chi connectivity index (χ0) is 21.0. The quantitative estimate of drug-likeness (QED) is 0.448. The molecule has 1 N–H and O–H groups in total. The number of amides is 1. The molecule has 0 radical (unpaired) electrons. The van der Waals surface area contributed by atoms with Crippen molar-refractivity contribution < 1.29 is 9.72 Å². The molecule has 1 amide bonds. The highest BCUT2D eigenvalue weighted by molar-refractivity contribution is 7.99. The van der Waals surface area contributed by atoms with Crippen molar-refractivity contribution in [3.63, 3.8) is 0 Å². The number of nitrogens with zero attached hydrogens (tertiary/aromatic N) is 4. The van der Waals surface area contributed by atoms with Gasteiger partial charge in [0.2, 0.25) is 11.1 Å². The van der Waals surface area contributed by atoms with Gasteiger partial charge in [0.15, 0.2) is 0 Å². The smallest absolute Gasteiger partial charge is 0.271 e. The molecule has 2 aliphatic rings. The molecule has 2 aliphatic carbocycles. The van der Waals surface area contributed by atoms with Crippen molar-refractivity contribution in [3.05, 3.63) is 45.3 Å². The van der Waals surface area contributed by atoms with Crippen LogP contribution in [0.1, 0.15) is 56.5 Å². The molecular weight excluding hydrogens is 390 g/mol. The van der Waals surface area contributed by atoms with Crippen molar-refractivity contribution in [2.45, 2.75) is 57.0 Å². The summed E-state index contributed by atoms with van der Waals surface area (Å²) in [6.07, 6.45) is 2.21. The van der Waals surface area contributed by atoms with Crippen LogP contribution in [0, 0.1) is 22.5 Å². The summed E-state index contributed by atoms with van der Waals surface area (Å²) in [4.78, 5) is 27.6. The molecule has 1 heterocycles. The number of carbonyl (C=O) groups is 1. The zero-order valence-electron chi connectivity index (χ0n) is 16.9. The third-order valence-electron chi connectivity index (χ3n) is 6.81. The SMILES string of the molecule is Cc1ccc([N+](=O)[O-])cc1NC(=O)CSc1nnc2c(n1)[C@@]1(C)CC[C@H]2C1(C)C. The Kier molecular flexibility index (Phi) is 4.60. The van der Waals surface area contributed by atoms with Gasteiger partial charge in [0.05, 0.1) is 27.8 Å². The van der Waals surface area contributed by atoms with Crippen molar-refractivity contribution in [3.8, 4) is 0 Å². The minimum absolute atomic E-state index is 0.0133. The minimum atomic E-state index is -0.482. The number of aryl methyl sites for hydroxylation is 1. The molecular formula is C20H23N5O3S. The molecule has 29 heavy (non-hydrogen) atoms. The summed E-state index contributed by atoms with van der Waals surface area (Å²) in [6.45, 7) is 8.59. The van der Waals surface area contributed by atoms with Crippen molar-refractivity contribution in [1.29, 1.82) is 0 Å². The molecule has 152 valence electrons. The Morgan fingerprint density at radius 3 is 2.83 bits per heavy atom. The van der Waals surface area contributed by atoms with E-state index in [0.29, 0.717) is 16.8 Å². The zero-order valence-corrected chi connectivity index (χ0v) is 17.7. The summed E-state index contributed by atoms with van der Waals surface area (Å²) in [7, 11) is 0. The van der Waals surface area contributed by atoms with Crippen LogP contribution in [-0.2, 0) is 10.2 Å². The van der Waals surface area contributed by atoms with Crippen molar-refractivity contribution >= 4 is 29.0 Å². The molecule has 1 fully saturated rings. The molecule has 0 saturated heterocycles. The summed E-state index contributed by atoms with van der Waals surface area (Å²) in [5.74, 6) is 0.226. The summed E-state index contributed by atoms with van der Waals surface area (Å²) in [5.41, 5.74) is 3.25. The van der Waals surface area contributed by atoms with Gasteiger partial charge in [-0.3, -0.25) is 14.9 Å². The molecule has 2 atom stereocenters. The second-order valence-corrected chi connectivity index (χ2v) is 9.51. The van der Waals surface area contributed by atoms with Gasteiger partial charge in [-0.25, -0.2) is 4.98 Å². The van der Waals surface area contributed by atoms with E-state index in [0.717, 1.165) is 29.8 Å². The predicted octanol–water partition coefficient (Wildman–Crippen LogP) is 3.99. The minimum Gasteiger partial charge on any atom is -0.325 e. The molecule has 8 nitrogen and oxygen atoms in total. The molecule has 0 unspecified atom stereocenters. The number of nitro benzene ring substituents is 1. The fraction of sp³-hybridized carbons (Fsp3) is 0.500. The van der Waals surface area contributed by atoms with Gasteiger partial charge in [0.25, 0.3) is 5.69 Å². The van der Waals surface area contributed by atoms with Gasteiger partial charge in [-0.05, 0) is 30.7 Å². The van der Waals surface area contributed by atoms with Crippen LogP contribution in [0.5, 0.6) is 0 Å². The first-order chi connectivity index (χ1) is 13.6. The number of anilines is 1. The number of carbonyl (C=O) groups excluding carboxylic acids is 1. The number of nitrogens with one attached hydrogen (secondary N) is 1. The number of fused-ring (bicyclic) bond motifs is 5. The molecule has 4 rings (SSSR count). The summed E-state index contributed by atoms with van der Waals surface area (Å²) >= 11 is 1.23. The number of nitro groups is 1. The fourth-order valence-corrected chi connectivity index (χ4v) is 5.19. The standard InChI is InChI=1S/C20H23N5O3S/c1-11-5-6-12(25(27)28)9-14(11)21-15(26)10-29-18-22-17-16(23-24-18)13-7-8-20(17,4)19(13,2)3/h5-6,9,13H,7-8,10H2,1-4H3,(H,21,26)/t13-,20-/m1/s1. The average Bonchev–Trinajstić information content (AvgIpc) is 3.00. The van der Waals surface area contributed by atoms with Gasteiger partial charge in [0.1, 0.15) is 0 Å². The molecule has 9 heteroatoms. The van der Waals surface area contributed by atoms with Crippen LogP contribution in [-0.4, -0.2) is 31.8 Å². The third-order valence-corrected chi connectivity index (χ3v) is 7.65. The molecule has 2 aromatic rings. The first-order valence-corrected chi connectivity index (χ1v) is 10.5. The molecule has 0 aliphatic heterocycles. The van der Waals surface area contributed by atoms with Gasteiger partial charge < -0.3 is 5.32 Å². The fourth-order valence-electron chi connectivity index (χ4n) is 4.60. The Bertz CT molecular complexity index is 1030. The number of thioether (sulfide) groups is 1. The van der Waals surface area contributed by atoms with Crippen LogP contribution in [0.2, 0.25) is 0 Å².